The molecule has 240 valence electrons. The lowest BCUT2D eigenvalue weighted by molar-refractivity contribution is -0.156. The van der Waals surface area contributed by atoms with Gasteiger partial charge in [0.25, 0.3) is 5.91 Å². The number of benzene rings is 2. The molecular formula is C32H42ClN3O8. The minimum absolute atomic E-state index is 0.109. The fourth-order valence-electron chi connectivity index (χ4n) is 5.30. The number of hydrogen-bond donors (Lipinski definition) is 2. The van der Waals surface area contributed by atoms with Gasteiger partial charge < -0.3 is 34.3 Å². The third-order valence-corrected chi connectivity index (χ3v) is 8.09. The number of fused-ring (bicyclic) bond motifs is 18. The molecule has 0 radical (unpaired) electrons. The van der Waals surface area contributed by atoms with Crippen LogP contribution in [0, 0.1) is 5.41 Å². The predicted molar refractivity (Wildman–Crippen MR) is 164 cm³/mol. The lowest BCUT2D eigenvalue weighted by Crippen LogP contribution is -2.46. The molecular weight excluding hydrogens is 590 g/mol. The first-order valence-corrected chi connectivity index (χ1v) is 15.4. The van der Waals surface area contributed by atoms with Gasteiger partial charge in [-0.15, -0.1) is 0 Å². The van der Waals surface area contributed by atoms with Crippen LogP contribution in [0.25, 0.3) is 0 Å². The monoisotopic (exact) mass is 631 g/mol. The van der Waals surface area contributed by atoms with E-state index in [-0.39, 0.29) is 50.8 Å². The molecule has 1 unspecified atom stereocenters. The Kier molecular flexibility index (Phi) is 12.5. The highest BCUT2D eigenvalue weighted by atomic mass is 35.5. The van der Waals surface area contributed by atoms with Crippen molar-refractivity contribution in [2.45, 2.75) is 45.6 Å². The second kappa shape index (κ2) is 16.5. The Morgan fingerprint density at radius 2 is 1.77 bits per heavy atom. The molecule has 1 atom stereocenters. The quantitative estimate of drug-likeness (QED) is 0.442. The number of halogens is 1. The Hall–Kier alpha value is -3.54. The van der Waals surface area contributed by atoms with E-state index in [9.17, 15) is 14.4 Å². The predicted octanol–water partition coefficient (Wildman–Crippen LogP) is 3.49. The molecule has 44 heavy (non-hydrogen) atoms. The Balaban J connectivity index is 1.51. The summed E-state index contributed by atoms with van der Waals surface area (Å²) >= 11 is 6.56. The van der Waals surface area contributed by atoms with E-state index in [1.54, 1.807) is 32.2 Å². The first-order valence-electron chi connectivity index (χ1n) is 15.0. The van der Waals surface area contributed by atoms with Gasteiger partial charge in [-0.25, -0.2) is 0 Å². The lowest BCUT2D eigenvalue weighted by atomic mass is 9.78. The Morgan fingerprint density at radius 3 is 2.52 bits per heavy atom. The summed E-state index contributed by atoms with van der Waals surface area (Å²) in [7, 11) is 1.58. The van der Waals surface area contributed by atoms with Gasteiger partial charge in [0, 0.05) is 57.4 Å². The fourth-order valence-corrected chi connectivity index (χ4v) is 5.52. The SMILES string of the molecule is CCOC(=O)C1(CCOC)CNC(=O)CCCN(Cc2cc3c(cc2Cl)OCO3)CCCNC(=O)COc2ccc(cc2)C1. The Labute approximate surface area is 263 Å². The van der Waals surface area contributed by atoms with Crippen LogP contribution in [0.3, 0.4) is 0 Å². The van der Waals surface area contributed by atoms with Crippen molar-refractivity contribution in [2.24, 2.45) is 5.41 Å². The largest absolute Gasteiger partial charge is 0.484 e. The highest BCUT2D eigenvalue weighted by Gasteiger charge is 2.40. The van der Waals surface area contributed by atoms with E-state index in [0.29, 0.717) is 80.7 Å². The van der Waals surface area contributed by atoms with E-state index in [1.165, 1.54) is 0 Å². The summed E-state index contributed by atoms with van der Waals surface area (Å²) in [5.41, 5.74) is 0.732. The van der Waals surface area contributed by atoms with Gasteiger partial charge in [-0.05, 0) is 68.5 Å². The fraction of sp³-hybridized carbons (Fsp3) is 0.531. The molecule has 3 aliphatic rings. The summed E-state index contributed by atoms with van der Waals surface area (Å²) in [6, 6.07) is 10.9. The van der Waals surface area contributed by atoms with Crippen molar-refractivity contribution < 1.29 is 38.1 Å². The minimum atomic E-state index is -1.02. The third kappa shape index (κ3) is 9.48. The smallest absolute Gasteiger partial charge is 0.314 e. The Bertz CT molecular complexity index is 1270. The van der Waals surface area contributed by atoms with Crippen molar-refractivity contribution in [2.75, 3.05) is 59.9 Å². The van der Waals surface area contributed by atoms with Gasteiger partial charge in [0.05, 0.1) is 12.0 Å². The van der Waals surface area contributed by atoms with Crippen LogP contribution < -0.4 is 24.8 Å². The van der Waals surface area contributed by atoms with E-state index in [2.05, 4.69) is 15.5 Å². The van der Waals surface area contributed by atoms with E-state index >= 15 is 0 Å². The van der Waals surface area contributed by atoms with Gasteiger partial charge in [0.2, 0.25) is 12.7 Å². The first-order chi connectivity index (χ1) is 21.3. The molecule has 2 bridgehead atoms. The van der Waals surface area contributed by atoms with Crippen molar-refractivity contribution in [3.8, 4) is 17.2 Å². The molecule has 2 aromatic rings. The second-order valence-electron chi connectivity index (χ2n) is 11.0. The Morgan fingerprint density at radius 1 is 1.02 bits per heavy atom. The summed E-state index contributed by atoms with van der Waals surface area (Å²) in [4.78, 5) is 41.1. The lowest BCUT2D eigenvalue weighted by Gasteiger charge is -2.32. The summed E-state index contributed by atoms with van der Waals surface area (Å²) in [5, 5.41) is 6.48. The molecule has 0 saturated carbocycles. The van der Waals surface area contributed by atoms with Crippen molar-refractivity contribution >= 4 is 29.4 Å². The topological polar surface area (TPSA) is 125 Å². The van der Waals surface area contributed by atoms with Crippen molar-refractivity contribution in [3.05, 3.63) is 52.5 Å². The van der Waals surface area contributed by atoms with Gasteiger partial charge >= 0.3 is 5.97 Å². The highest BCUT2D eigenvalue weighted by molar-refractivity contribution is 6.31. The molecule has 5 rings (SSSR count). The number of ether oxygens (including phenoxy) is 5. The van der Waals surface area contributed by atoms with Gasteiger partial charge in [0.15, 0.2) is 18.1 Å². The number of methoxy groups -OCH3 is 1. The molecule has 0 fully saturated rings. The van der Waals surface area contributed by atoms with Gasteiger partial charge in [-0.2, -0.15) is 0 Å². The zero-order chi connectivity index (χ0) is 31.4. The normalized spacial score (nSPS) is 20.3. The van der Waals surface area contributed by atoms with Crippen LogP contribution in [0.4, 0.5) is 0 Å². The van der Waals surface area contributed by atoms with Crippen LogP contribution in [0.15, 0.2) is 36.4 Å². The van der Waals surface area contributed by atoms with E-state index in [4.69, 9.17) is 35.3 Å². The molecule has 3 heterocycles. The number of carbonyl (C=O) groups is 3. The standard InChI is InChI=1S/C32H42ClN3O8/c1-3-41-31(39)32(11-15-40-2)18-23-7-9-25(10-8-23)42-20-30(38)34-12-5-14-36(13-4-6-29(37)35-21-32)19-24-16-27-28(17-26(24)33)44-22-43-27/h7-10,16-17H,3-6,11-15,18-22H2,1-2H3,(H,34,38)(H,35,37). The van der Waals surface area contributed by atoms with Gasteiger partial charge in [0.1, 0.15) is 5.75 Å². The summed E-state index contributed by atoms with van der Waals surface area (Å²) < 4.78 is 27.5. The zero-order valence-corrected chi connectivity index (χ0v) is 26.2. The summed E-state index contributed by atoms with van der Waals surface area (Å²) in [5.74, 6) is 1.05. The van der Waals surface area contributed by atoms with Crippen molar-refractivity contribution in [3.63, 3.8) is 0 Å². The van der Waals surface area contributed by atoms with Gasteiger partial charge in [-0.1, -0.05) is 23.7 Å². The van der Waals surface area contributed by atoms with Crippen molar-refractivity contribution in [1.82, 2.24) is 15.5 Å². The van der Waals surface area contributed by atoms with Crippen LogP contribution in [0.5, 0.6) is 17.2 Å². The molecule has 3 aliphatic heterocycles. The number of nitrogens with one attached hydrogen (secondary N) is 2. The maximum absolute atomic E-state index is 13.4. The van der Waals surface area contributed by atoms with Crippen molar-refractivity contribution in [1.29, 1.82) is 0 Å². The minimum Gasteiger partial charge on any atom is -0.484 e. The first kappa shape index (κ1) is 33.4. The molecule has 0 spiro atoms. The highest BCUT2D eigenvalue weighted by Crippen LogP contribution is 2.37. The molecule has 0 aromatic heterocycles. The van der Waals surface area contributed by atoms with Gasteiger partial charge in [-0.3, -0.25) is 19.3 Å². The molecule has 2 N–H and O–H groups in total. The number of esters is 1. The van der Waals surface area contributed by atoms with E-state index < -0.39 is 5.41 Å². The van der Waals surface area contributed by atoms with Crippen LogP contribution in [0.2, 0.25) is 5.02 Å². The second-order valence-corrected chi connectivity index (χ2v) is 11.4. The molecule has 2 amide bonds. The molecule has 0 aliphatic carbocycles. The third-order valence-electron chi connectivity index (χ3n) is 7.74. The molecule has 2 aromatic carbocycles. The summed E-state index contributed by atoms with van der Waals surface area (Å²) in [6.07, 6.45) is 2.25. The zero-order valence-electron chi connectivity index (χ0n) is 25.5. The average molecular weight is 632 g/mol. The van der Waals surface area contributed by atoms with E-state index in [0.717, 1.165) is 11.1 Å². The number of carbonyl (C=O) groups excluding carboxylic acids is 3. The number of nitrogens with zero attached hydrogens (tertiary/aromatic N) is 1. The summed E-state index contributed by atoms with van der Waals surface area (Å²) in [6.45, 7) is 4.76. The molecule has 0 saturated heterocycles. The van der Waals surface area contributed by atoms with Crippen LogP contribution in [-0.2, 0) is 36.8 Å². The van der Waals surface area contributed by atoms with Crippen LogP contribution in [0.1, 0.15) is 43.7 Å². The van der Waals surface area contributed by atoms with Crippen LogP contribution >= 0.6 is 11.6 Å². The number of rotatable bonds is 7. The number of amides is 2. The molecule has 12 heteroatoms. The maximum atomic E-state index is 13.4. The van der Waals surface area contributed by atoms with E-state index in [1.807, 2.05) is 18.2 Å². The van der Waals surface area contributed by atoms with Crippen LogP contribution in [-0.4, -0.2) is 82.6 Å². The molecule has 11 nitrogen and oxygen atoms in total. The maximum Gasteiger partial charge on any atom is 0.314 e. The average Bonchev–Trinajstić information content (AvgIpc) is 3.47. The number of hydrogen-bond acceptors (Lipinski definition) is 9.